The van der Waals surface area contributed by atoms with E-state index in [1.54, 1.807) is 0 Å². The summed E-state index contributed by atoms with van der Waals surface area (Å²) in [5, 5.41) is 14.0. The van der Waals surface area contributed by atoms with Gasteiger partial charge in [-0.3, -0.25) is 9.59 Å². The van der Waals surface area contributed by atoms with Gasteiger partial charge in [-0.2, -0.15) is 0 Å². The Kier molecular flexibility index (Phi) is 8.10. The van der Waals surface area contributed by atoms with Crippen LogP contribution >= 0.6 is 0 Å². The Morgan fingerprint density at radius 1 is 0.974 bits per heavy atom. The summed E-state index contributed by atoms with van der Waals surface area (Å²) in [6.45, 7) is 10.9. The standard InChI is InChI=1S/C32H40N2O4/c1-31(2,3)23-11-14-24(15-12-23)38-25-13-10-22-18-27(30(37)33-20-32(4,5)17-16-28(35)36)34-29(26(22)19-25)21-8-6-7-9-21/h10-15,18-19,21H,6-9,16-17,20H2,1-5H3,(H,33,37)(H,35,36). The molecule has 4 rings (SSSR count). The molecular weight excluding hydrogens is 476 g/mol. The largest absolute Gasteiger partial charge is 0.481 e. The number of nitrogens with one attached hydrogen (secondary N) is 1. The topological polar surface area (TPSA) is 88.5 Å². The minimum Gasteiger partial charge on any atom is -0.481 e. The van der Waals surface area contributed by atoms with Crippen LogP contribution in [0.15, 0.2) is 48.5 Å². The van der Waals surface area contributed by atoms with E-state index in [1.165, 1.54) is 18.4 Å². The first-order valence-corrected chi connectivity index (χ1v) is 13.6. The Labute approximate surface area is 225 Å². The first-order chi connectivity index (χ1) is 17.9. The lowest BCUT2D eigenvalue weighted by Gasteiger charge is -2.24. The van der Waals surface area contributed by atoms with Crippen LogP contribution in [0.2, 0.25) is 0 Å². The van der Waals surface area contributed by atoms with E-state index in [4.69, 9.17) is 14.8 Å². The number of ether oxygens (including phenoxy) is 1. The van der Waals surface area contributed by atoms with E-state index in [1.807, 2.05) is 50.2 Å². The number of carbonyl (C=O) groups is 2. The summed E-state index contributed by atoms with van der Waals surface area (Å²) in [6.07, 6.45) is 5.02. The number of carboxylic acids is 1. The van der Waals surface area contributed by atoms with Crippen LogP contribution < -0.4 is 10.1 Å². The fourth-order valence-electron chi connectivity index (χ4n) is 5.05. The van der Waals surface area contributed by atoms with Gasteiger partial charge in [0.05, 0.1) is 5.69 Å². The lowest BCUT2D eigenvalue weighted by Crippen LogP contribution is -2.35. The van der Waals surface area contributed by atoms with E-state index in [0.29, 0.717) is 24.6 Å². The summed E-state index contributed by atoms with van der Waals surface area (Å²) in [5.74, 6) is 0.799. The number of rotatable bonds is 9. The zero-order chi connectivity index (χ0) is 27.5. The van der Waals surface area contributed by atoms with Crippen LogP contribution in [-0.2, 0) is 10.2 Å². The Morgan fingerprint density at radius 2 is 1.63 bits per heavy atom. The first kappa shape index (κ1) is 27.6. The highest BCUT2D eigenvalue weighted by atomic mass is 16.5. The molecule has 1 amide bonds. The highest BCUT2D eigenvalue weighted by molar-refractivity contribution is 5.97. The molecule has 3 aromatic rings. The van der Waals surface area contributed by atoms with Crippen molar-refractivity contribution in [1.82, 2.24) is 10.3 Å². The molecule has 1 saturated carbocycles. The highest BCUT2D eigenvalue weighted by Gasteiger charge is 2.25. The maximum Gasteiger partial charge on any atom is 0.303 e. The van der Waals surface area contributed by atoms with Crippen molar-refractivity contribution in [2.45, 2.75) is 84.5 Å². The molecule has 2 aromatic carbocycles. The Balaban J connectivity index is 1.58. The van der Waals surface area contributed by atoms with Crippen LogP contribution in [0.1, 0.15) is 101 Å². The monoisotopic (exact) mass is 516 g/mol. The summed E-state index contributed by atoms with van der Waals surface area (Å²) in [5.41, 5.74) is 2.38. The molecule has 0 spiro atoms. The highest BCUT2D eigenvalue weighted by Crippen LogP contribution is 2.38. The number of benzene rings is 2. The molecule has 1 aliphatic carbocycles. The smallest absolute Gasteiger partial charge is 0.303 e. The summed E-state index contributed by atoms with van der Waals surface area (Å²) < 4.78 is 6.22. The molecule has 38 heavy (non-hydrogen) atoms. The summed E-state index contributed by atoms with van der Waals surface area (Å²) in [7, 11) is 0. The van der Waals surface area contributed by atoms with Gasteiger partial charge in [-0.15, -0.1) is 0 Å². The number of fused-ring (bicyclic) bond motifs is 1. The van der Waals surface area contributed by atoms with E-state index in [2.05, 4.69) is 38.2 Å². The summed E-state index contributed by atoms with van der Waals surface area (Å²) >= 11 is 0. The van der Waals surface area contributed by atoms with Crippen LogP contribution in [0.5, 0.6) is 11.5 Å². The number of nitrogens with zero attached hydrogens (tertiary/aromatic N) is 1. The van der Waals surface area contributed by atoms with E-state index < -0.39 is 5.97 Å². The Bertz CT molecular complexity index is 1300. The number of hydrogen-bond donors (Lipinski definition) is 2. The van der Waals surface area contributed by atoms with E-state index in [-0.39, 0.29) is 23.2 Å². The van der Waals surface area contributed by atoms with Crippen LogP contribution in [0, 0.1) is 5.41 Å². The molecule has 6 heteroatoms. The molecule has 1 aromatic heterocycles. The van der Waals surface area contributed by atoms with Crippen LogP contribution in [0.4, 0.5) is 0 Å². The second kappa shape index (κ2) is 11.1. The van der Waals surface area contributed by atoms with Gasteiger partial charge in [0, 0.05) is 24.3 Å². The van der Waals surface area contributed by atoms with Crippen molar-refractivity contribution < 1.29 is 19.4 Å². The van der Waals surface area contributed by atoms with Crippen molar-refractivity contribution in [2.75, 3.05) is 6.54 Å². The third kappa shape index (κ3) is 6.91. The molecular formula is C32H40N2O4. The maximum atomic E-state index is 13.1. The number of aromatic nitrogens is 1. The lowest BCUT2D eigenvalue weighted by molar-refractivity contribution is -0.137. The lowest BCUT2D eigenvalue weighted by atomic mass is 9.87. The van der Waals surface area contributed by atoms with Crippen LogP contribution in [-0.4, -0.2) is 28.5 Å². The number of pyridine rings is 1. The van der Waals surface area contributed by atoms with Crippen molar-refractivity contribution >= 4 is 22.6 Å². The van der Waals surface area contributed by atoms with Gasteiger partial charge in [-0.25, -0.2) is 4.98 Å². The fraction of sp³-hybridized carbons (Fsp3) is 0.469. The zero-order valence-corrected chi connectivity index (χ0v) is 23.3. The van der Waals surface area contributed by atoms with Crippen molar-refractivity contribution in [1.29, 1.82) is 0 Å². The number of amides is 1. The number of carbonyl (C=O) groups excluding carboxylic acids is 1. The molecule has 1 aliphatic rings. The molecule has 2 N–H and O–H groups in total. The summed E-state index contributed by atoms with van der Waals surface area (Å²) in [6, 6.07) is 16.1. The number of aliphatic carboxylic acids is 1. The predicted octanol–water partition coefficient (Wildman–Crippen LogP) is 7.60. The molecule has 0 atom stereocenters. The van der Waals surface area contributed by atoms with Crippen molar-refractivity contribution in [3.8, 4) is 11.5 Å². The number of carboxylic acid groups (broad SMARTS) is 1. The van der Waals surface area contributed by atoms with Gasteiger partial charge >= 0.3 is 5.97 Å². The second-order valence-electron chi connectivity index (χ2n) is 12.4. The normalized spacial score (nSPS) is 14.6. The molecule has 0 saturated heterocycles. The maximum absolute atomic E-state index is 13.1. The van der Waals surface area contributed by atoms with Crippen molar-refractivity contribution in [2.24, 2.45) is 5.41 Å². The SMILES string of the molecule is CC(C)(CCC(=O)O)CNC(=O)c1cc2ccc(Oc3ccc(C(C)(C)C)cc3)cc2c(C2CCCC2)n1. The third-order valence-corrected chi connectivity index (χ3v) is 7.51. The van der Waals surface area contributed by atoms with Crippen molar-refractivity contribution in [3.63, 3.8) is 0 Å². The molecule has 0 aliphatic heterocycles. The van der Waals surface area contributed by atoms with Gasteiger partial charge in [-0.1, -0.05) is 65.7 Å². The molecule has 1 fully saturated rings. The first-order valence-electron chi connectivity index (χ1n) is 13.6. The predicted molar refractivity (Wildman–Crippen MR) is 151 cm³/mol. The van der Waals surface area contributed by atoms with Gasteiger partial charge in [0.25, 0.3) is 5.91 Å². The Morgan fingerprint density at radius 3 is 2.26 bits per heavy atom. The minimum atomic E-state index is -0.827. The molecule has 0 bridgehead atoms. The molecule has 0 radical (unpaired) electrons. The second-order valence-corrected chi connectivity index (χ2v) is 12.4. The van der Waals surface area contributed by atoms with E-state index >= 15 is 0 Å². The van der Waals surface area contributed by atoms with Crippen molar-refractivity contribution in [3.05, 3.63) is 65.5 Å². The van der Waals surface area contributed by atoms with Gasteiger partial charge in [0.2, 0.25) is 0 Å². The third-order valence-electron chi connectivity index (χ3n) is 7.51. The average molecular weight is 517 g/mol. The average Bonchev–Trinajstić information content (AvgIpc) is 3.40. The van der Waals surface area contributed by atoms with Gasteiger partial charge < -0.3 is 15.2 Å². The molecule has 6 nitrogen and oxygen atoms in total. The number of hydrogen-bond acceptors (Lipinski definition) is 4. The van der Waals surface area contributed by atoms with Gasteiger partial charge in [0.15, 0.2) is 0 Å². The Hall–Kier alpha value is -3.41. The quantitative estimate of drug-likeness (QED) is 0.306. The molecule has 1 heterocycles. The van der Waals surface area contributed by atoms with Crippen LogP contribution in [0.25, 0.3) is 10.8 Å². The van der Waals surface area contributed by atoms with Gasteiger partial charge in [-0.05, 0) is 71.4 Å². The van der Waals surface area contributed by atoms with E-state index in [0.717, 1.165) is 40.8 Å². The minimum absolute atomic E-state index is 0.0774. The van der Waals surface area contributed by atoms with Crippen LogP contribution in [0.3, 0.4) is 0 Å². The molecule has 0 unspecified atom stereocenters. The fourth-order valence-corrected chi connectivity index (χ4v) is 5.05. The molecule has 202 valence electrons. The summed E-state index contributed by atoms with van der Waals surface area (Å²) in [4.78, 5) is 29.0. The van der Waals surface area contributed by atoms with E-state index in [9.17, 15) is 9.59 Å². The zero-order valence-electron chi connectivity index (χ0n) is 23.3. The van der Waals surface area contributed by atoms with Gasteiger partial charge in [0.1, 0.15) is 17.2 Å².